The van der Waals surface area contributed by atoms with Crippen LogP contribution in [0.3, 0.4) is 0 Å². The van der Waals surface area contributed by atoms with Gasteiger partial charge in [0.1, 0.15) is 0 Å². The first-order chi connectivity index (χ1) is 10.8. The molecule has 0 amide bonds. The minimum atomic E-state index is 0.883. The fraction of sp³-hybridized carbons (Fsp3) is 0.955. The molecule has 0 aromatic rings. The van der Waals surface area contributed by atoms with Gasteiger partial charge in [-0.2, -0.15) is 0 Å². The van der Waals surface area contributed by atoms with Crippen LogP contribution in [0.1, 0.15) is 124 Å². The van der Waals surface area contributed by atoms with E-state index in [1.54, 1.807) is 0 Å². The highest BCUT2D eigenvalue weighted by atomic mass is 14.2. The van der Waals surface area contributed by atoms with Gasteiger partial charge in [0.25, 0.3) is 0 Å². The summed E-state index contributed by atoms with van der Waals surface area (Å²) in [5.74, 6) is 1.79. The standard InChI is InChI=1S/C22H45/c1-5-9-12-13-16-19-22(18-15-11-7-3)20-21(8-4)17-14-10-6-2/h20-22H,5-19H2,1-4H3. The molecule has 0 saturated carbocycles. The van der Waals surface area contributed by atoms with E-state index in [1.807, 2.05) is 0 Å². The van der Waals surface area contributed by atoms with Crippen molar-refractivity contribution in [2.45, 2.75) is 124 Å². The zero-order chi connectivity index (χ0) is 16.5. The van der Waals surface area contributed by atoms with Crippen molar-refractivity contribution in [3.8, 4) is 0 Å². The Labute approximate surface area is 142 Å². The van der Waals surface area contributed by atoms with Gasteiger partial charge in [-0.3, -0.25) is 0 Å². The van der Waals surface area contributed by atoms with Crippen LogP contribution in [0.5, 0.6) is 0 Å². The maximum atomic E-state index is 2.77. The molecule has 133 valence electrons. The minimum Gasteiger partial charge on any atom is -0.0654 e. The van der Waals surface area contributed by atoms with Gasteiger partial charge >= 0.3 is 0 Å². The quantitative estimate of drug-likeness (QED) is 0.237. The van der Waals surface area contributed by atoms with E-state index >= 15 is 0 Å². The lowest BCUT2D eigenvalue weighted by atomic mass is 9.83. The lowest BCUT2D eigenvalue weighted by molar-refractivity contribution is 0.382. The van der Waals surface area contributed by atoms with Crippen LogP contribution in [-0.2, 0) is 0 Å². The Morgan fingerprint density at radius 2 is 0.909 bits per heavy atom. The fourth-order valence-corrected chi connectivity index (χ4v) is 3.48. The summed E-state index contributed by atoms with van der Waals surface area (Å²) in [5.41, 5.74) is 0. The van der Waals surface area contributed by atoms with Gasteiger partial charge in [0.2, 0.25) is 0 Å². The highest BCUT2D eigenvalue weighted by Crippen LogP contribution is 2.28. The molecule has 0 aliphatic carbocycles. The molecule has 22 heavy (non-hydrogen) atoms. The van der Waals surface area contributed by atoms with Crippen LogP contribution in [-0.4, -0.2) is 0 Å². The SMILES string of the molecule is CCCCCCCC([CH]C(CC)CCCCC)CCCCC. The molecule has 0 aliphatic heterocycles. The third-order valence-corrected chi connectivity index (χ3v) is 5.10. The topological polar surface area (TPSA) is 0 Å². The maximum Gasteiger partial charge on any atom is -0.0324 e. The molecule has 2 atom stereocenters. The summed E-state index contributed by atoms with van der Waals surface area (Å²) in [5, 5.41) is 0. The number of unbranched alkanes of at least 4 members (excludes halogenated alkanes) is 8. The molecular weight excluding hydrogens is 264 g/mol. The van der Waals surface area contributed by atoms with Gasteiger partial charge in [0.05, 0.1) is 0 Å². The van der Waals surface area contributed by atoms with E-state index < -0.39 is 0 Å². The Hall–Kier alpha value is 0. The average Bonchev–Trinajstić information content (AvgIpc) is 2.53. The van der Waals surface area contributed by atoms with Crippen LogP contribution >= 0.6 is 0 Å². The van der Waals surface area contributed by atoms with E-state index in [0.717, 1.165) is 11.8 Å². The second kappa shape index (κ2) is 17.4. The fourth-order valence-electron chi connectivity index (χ4n) is 3.48. The third-order valence-electron chi connectivity index (χ3n) is 5.10. The van der Waals surface area contributed by atoms with Crippen molar-refractivity contribution in [2.75, 3.05) is 0 Å². The second-order valence-electron chi connectivity index (χ2n) is 7.32. The predicted octanol–water partition coefficient (Wildman–Crippen LogP) is 8.35. The summed E-state index contributed by atoms with van der Waals surface area (Å²) in [6, 6.07) is 0. The predicted molar refractivity (Wildman–Crippen MR) is 103 cm³/mol. The highest BCUT2D eigenvalue weighted by molar-refractivity contribution is 4.83. The third kappa shape index (κ3) is 13.6. The molecule has 0 aromatic carbocycles. The number of hydrogen-bond donors (Lipinski definition) is 0. The van der Waals surface area contributed by atoms with Crippen molar-refractivity contribution in [3.05, 3.63) is 6.42 Å². The van der Waals surface area contributed by atoms with E-state index in [4.69, 9.17) is 0 Å². The zero-order valence-electron chi connectivity index (χ0n) is 16.3. The van der Waals surface area contributed by atoms with E-state index in [9.17, 15) is 0 Å². The van der Waals surface area contributed by atoms with Gasteiger partial charge in [-0.15, -0.1) is 0 Å². The molecule has 2 unspecified atom stereocenters. The van der Waals surface area contributed by atoms with Crippen LogP contribution in [0.4, 0.5) is 0 Å². The van der Waals surface area contributed by atoms with Crippen molar-refractivity contribution in [3.63, 3.8) is 0 Å². The summed E-state index contributed by atoms with van der Waals surface area (Å²) in [6.45, 7) is 9.33. The minimum absolute atomic E-state index is 0.883. The van der Waals surface area contributed by atoms with Gasteiger partial charge in [0, 0.05) is 0 Å². The lowest BCUT2D eigenvalue weighted by Crippen LogP contribution is -2.10. The van der Waals surface area contributed by atoms with Crippen molar-refractivity contribution in [1.29, 1.82) is 0 Å². The van der Waals surface area contributed by atoms with Crippen molar-refractivity contribution < 1.29 is 0 Å². The van der Waals surface area contributed by atoms with Gasteiger partial charge in [-0.1, -0.05) is 124 Å². The van der Waals surface area contributed by atoms with Gasteiger partial charge in [-0.05, 0) is 18.3 Å². The molecule has 0 heterocycles. The average molecular weight is 310 g/mol. The molecule has 0 nitrogen and oxygen atoms in total. The summed E-state index contributed by atoms with van der Waals surface area (Å²) in [4.78, 5) is 0. The van der Waals surface area contributed by atoms with Gasteiger partial charge < -0.3 is 0 Å². The molecular formula is C22H45. The molecule has 0 aliphatic rings. The first-order valence-corrected chi connectivity index (χ1v) is 10.6. The maximum absolute atomic E-state index is 2.77. The summed E-state index contributed by atoms with van der Waals surface area (Å²) >= 11 is 0. The number of hydrogen-bond acceptors (Lipinski definition) is 0. The molecule has 0 heteroatoms. The van der Waals surface area contributed by atoms with E-state index in [2.05, 4.69) is 34.1 Å². The van der Waals surface area contributed by atoms with Gasteiger partial charge in [0.15, 0.2) is 0 Å². The molecule has 0 fully saturated rings. The highest BCUT2D eigenvalue weighted by Gasteiger charge is 2.15. The van der Waals surface area contributed by atoms with Crippen LogP contribution in [0, 0.1) is 18.3 Å². The van der Waals surface area contributed by atoms with Crippen molar-refractivity contribution in [2.24, 2.45) is 11.8 Å². The van der Waals surface area contributed by atoms with Crippen LogP contribution in [0.25, 0.3) is 0 Å². The summed E-state index contributed by atoms with van der Waals surface area (Å²) in [7, 11) is 0. The molecule has 0 aromatic heterocycles. The largest absolute Gasteiger partial charge is 0.0654 e. The van der Waals surface area contributed by atoms with Crippen LogP contribution in [0.15, 0.2) is 0 Å². The first kappa shape index (κ1) is 22.0. The molecule has 1 radical (unpaired) electrons. The Morgan fingerprint density at radius 1 is 0.500 bits per heavy atom. The molecule has 0 spiro atoms. The molecule has 0 bridgehead atoms. The van der Waals surface area contributed by atoms with Crippen molar-refractivity contribution in [1.82, 2.24) is 0 Å². The molecule has 0 N–H and O–H groups in total. The normalized spacial score (nSPS) is 14.2. The van der Waals surface area contributed by atoms with E-state index in [1.165, 1.54) is 96.3 Å². The Balaban J connectivity index is 4.06. The Kier molecular flexibility index (Phi) is 17.4. The smallest absolute Gasteiger partial charge is 0.0324 e. The van der Waals surface area contributed by atoms with Crippen LogP contribution < -0.4 is 0 Å². The Morgan fingerprint density at radius 3 is 1.41 bits per heavy atom. The second-order valence-corrected chi connectivity index (χ2v) is 7.32. The van der Waals surface area contributed by atoms with E-state index in [-0.39, 0.29) is 0 Å². The first-order valence-electron chi connectivity index (χ1n) is 10.6. The van der Waals surface area contributed by atoms with Gasteiger partial charge in [-0.25, -0.2) is 0 Å². The number of rotatable bonds is 17. The zero-order valence-corrected chi connectivity index (χ0v) is 16.3. The monoisotopic (exact) mass is 309 g/mol. The summed E-state index contributed by atoms with van der Waals surface area (Å²) < 4.78 is 0. The van der Waals surface area contributed by atoms with E-state index in [0.29, 0.717) is 0 Å². The molecule has 0 saturated heterocycles. The van der Waals surface area contributed by atoms with Crippen molar-refractivity contribution >= 4 is 0 Å². The molecule has 0 rings (SSSR count). The van der Waals surface area contributed by atoms with Crippen LogP contribution in [0.2, 0.25) is 0 Å². The lowest BCUT2D eigenvalue weighted by Gasteiger charge is -2.23. The summed E-state index contributed by atoms with van der Waals surface area (Å²) in [6.07, 6.45) is 24.0. The Bertz CT molecular complexity index is 196.